The molecule has 1 N–H and O–H groups in total. The van der Waals surface area contributed by atoms with Gasteiger partial charge in [0.05, 0.1) is 4.90 Å². The lowest BCUT2D eigenvalue weighted by atomic mass is 10.00. The third kappa shape index (κ3) is 3.16. The highest BCUT2D eigenvalue weighted by atomic mass is 32.2. The van der Waals surface area contributed by atoms with Crippen molar-refractivity contribution in [2.75, 3.05) is 6.26 Å². The summed E-state index contributed by atoms with van der Waals surface area (Å²) in [5, 5.41) is 13.9. The SMILES string of the molecule is Cn1nc(-c2ccc(S(C)(=O)=O)cc2)c(-c2ccncc2)c1C(=O)O. The van der Waals surface area contributed by atoms with Crippen molar-refractivity contribution in [3.63, 3.8) is 0 Å². The molecule has 0 saturated heterocycles. The highest BCUT2D eigenvalue weighted by molar-refractivity contribution is 7.90. The van der Waals surface area contributed by atoms with Crippen LogP contribution in [0.5, 0.6) is 0 Å². The Morgan fingerprint density at radius 1 is 1.04 bits per heavy atom. The van der Waals surface area contributed by atoms with Gasteiger partial charge >= 0.3 is 5.97 Å². The summed E-state index contributed by atoms with van der Waals surface area (Å²) in [6.07, 6.45) is 4.28. The average Bonchev–Trinajstić information content (AvgIpc) is 2.92. The second kappa shape index (κ2) is 6.14. The smallest absolute Gasteiger partial charge is 0.354 e. The van der Waals surface area contributed by atoms with Crippen molar-refractivity contribution in [3.8, 4) is 22.4 Å². The van der Waals surface area contributed by atoms with E-state index in [1.807, 2.05) is 0 Å². The lowest BCUT2D eigenvalue weighted by Crippen LogP contribution is -2.06. The molecule has 0 radical (unpaired) electrons. The molecular formula is C17H15N3O4S. The number of carboxylic acid groups (broad SMARTS) is 1. The molecule has 0 saturated carbocycles. The number of rotatable bonds is 4. The Kier molecular flexibility index (Phi) is 4.13. The van der Waals surface area contributed by atoms with E-state index in [1.165, 1.54) is 16.8 Å². The normalized spacial score (nSPS) is 11.4. The molecule has 0 fully saturated rings. The van der Waals surface area contributed by atoms with Gasteiger partial charge in [0.2, 0.25) is 0 Å². The Morgan fingerprint density at radius 2 is 1.64 bits per heavy atom. The van der Waals surface area contributed by atoms with Crippen molar-refractivity contribution in [2.45, 2.75) is 4.90 Å². The van der Waals surface area contributed by atoms with E-state index in [-0.39, 0.29) is 10.6 Å². The highest BCUT2D eigenvalue weighted by Crippen LogP contribution is 2.34. The number of aryl methyl sites for hydroxylation is 1. The second-order valence-corrected chi connectivity index (χ2v) is 7.55. The fraction of sp³-hybridized carbons (Fsp3) is 0.118. The summed E-state index contributed by atoms with van der Waals surface area (Å²) in [4.78, 5) is 15.8. The predicted molar refractivity (Wildman–Crippen MR) is 91.9 cm³/mol. The van der Waals surface area contributed by atoms with Gasteiger partial charge in [-0.05, 0) is 29.8 Å². The molecule has 1 aromatic carbocycles. The monoisotopic (exact) mass is 357 g/mol. The van der Waals surface area contributed by atoms with E-state index < -0.39 is 15.8 Å². The summed E-state index contributed by atoms with van der Waals surface area (Å²) in [6.45, 7) is 0. The molecule has 0 amide bonds. The van der Waals surface area contributed by atoms with E-state index in [2.05, 4.69) is 10.1 Å². The van der Waals surface area contributed by atoms with E-state index in [0.29, 0.717) is 22.4 Å². The number of sulfone groups is 1. The van der Waals surface area contributed by atoms with E-state index in [4.69, 9.17) is 0 Å². The average molecular weight is 357 g/mol. The number of hydrogen-bond donors (Lipinski definition) is 1. The van der Waals surface area contributed by atoms with Crippen LogP contribution in [0.3, 0.4) is 0 Å². The fourth-order valence-electron chi connectivity index (χ4n) is 2.62. The zero-order chi connectivity index (χ0) is 18.2. The molecule has 8 heteroatoms. The first-order valence-corrected chi connectivity index (χ1v) is 9.19. The quantitative estimate of drug-likeness (QED) is 0.768. The Bertz CT molecular complexity index is 1040. The Labute approximate surface area is 144 Å². The maximum atomic E-state index is 11.7. The summed E-state index contributed by atoms with van der Waals surface area (Å²) in [7, 11) is -1.75. The number of aromatic nitrogens is 3. The van der Waals surface area contributed by atoms with Gasteiger partial charge < -0.3 is 5.11 Å². The standard InChI is InChI=1S/C17H15N3O4S/c1-20-16(17(21)22)14(11-7-9-18-10-8-11)15(19-20)12-3-5-13(6-4-12)25(2,23)24/h3-10H,1-2H3,(H,21,22). The molecule has 0 unspecified atom stereocenters. The van der Waals surface area contributed by atoms with Gasteiger partial charge in [-0.15, -0.1) is 0 Å². The van der Waals surface area contributed by atoms with Crippen LogP contribution in [0.4, 0.5) is 0 Å². The minimum atomic E-state index is -3.31. The first kappa shape index (κ1) is 16.8. The molecule has 0 atom stereocenters. The van der Waals surface area contributed by atoms with Gasteiger partial charge in [-0.2, -0.15) is 5.10 Å². The summed E-state index contributed by atoms with van der Waals surface area (Å²) in [6, 6.07) is 9.62. The van der Waals surface area contributed by atoms with Crippen LogP contribution in [0.1, 0.15) is 10.5 Å². The Morgan fingerprint density at radius 3 is 2.16 bits per heavy atom. The van der Waals surface area contributed by atoms with E-state index in [1.54, 1.807) is 43.7 Å². The van der Waals surface area contributed by atoms with Gasteiger partial charge in [0.15, 0.2) is 15.5 Å². The highest BCUT2D eigenvalue weighted by Gasteiger charge is 2.24. The Balaban J connectivity index is 2.24. The summed E-state index contributed by atoms with van der Waals surface area (Å²) in [5.41, 5.74) is 2.27. The first-order valence-electron chi connectivity index (χ1n) is 7.30. The van der Waals surface area contributed by atoms with E-state index in [0.717, 1.165) is 6.26 Å². The van der Waals surface area contributed by atoms with Gasteiger partial charge in [-0.25, -0.2) is 13.2 Å². The predicted octanol–water partition coefficient (Wildman–Crippen LogP) is 2.25. The molecule has 0 spiro atoms. The largest absolute Gasteiger partial charge is 0.477 e. The number of pyridine rings is 1. The lowest BCUT2D eigenvalue weighted by Gasteiger charge is -2.05. The number of hydrogen-bond acceptors (Lipinski definition) is 5. The van der Waals surface area contributed by atoms with Crippen LogP contribution < -0.4 is 0 Å². The van der Waals surface area contributed by atoms with Crippen LogP contribution in [-0.4, -0.2) is 40.5 Å². The van der Waals surface area contributed by atoms with Crippen molar-refractivity contribution in [3.05, 3.63) is 54.5 Å². The van der Waals surface area contributed by atoms with Crippen LogP contribution in [0.25, 0.3) is 22.4 Å². The molecule has 3 aromatic rings. The molecule has 0 aliphatic heterocycles. The number of carboxylic acids is 1. The zero-order valence-corrected chi connectivity index (χ0v) is 14.4. The summed E-state index contributed by atoms with van der Waals surface area (Å²) in [5.74, 6) is -1.10. The number of aromatic carboxylic acids is 1. The molecule has 128 valence electrons. The van der Waals surface area contributed by atoms with Crippen molar-refractivity contribution >= 4 is 15.8 Å². The minimum Gasteiger partial charge on any atom is -0.477 e. The van der Waals surface area contributed by atoms with Crippen molar-refractivity contribution in [1.29, 1.82) is 0 Å². The molecule has 7 nitrogen and oxygen atoms in total. The fourth-order valence-corrected chi connectivity index (χ4v) is 3.25. The lowest BCUT2D eigenvalue weighted by molar-refractivity contribution is 0.0686. The van der Waals surface area contributed by atoms with Crippen LogP contribution in [-0.2, 0) is 16.9 Å². The van der Waals surface area contributed by atoms with Crippen LogP contribution in [0, 0.1) is 0 Å². The van der Waals surface area contributed by atoms with Crippen molar-refractivity contribution < 1.29 is 18.3 Å². The number of benzene rings is 1. The van der Waals surface area contributed by atoms with Gasteiger partial charge in [0.1, 0.15) is 5.69 Å². The molecule has 0 aliphatic rings. The topological polar surface area (TPSA) is 102 Å². The van der Waals surface area contributed by atoms with Gasteiger partial charge in [0.25, 0.3) is 0 Å². The summed E-state index contributed by atoms with van der Waals surface area (Å²) < 4.78 is 24.5. The zero-order valence-electron chi connectivity index (χ0n) is 13.5. The maximum Gasteiger partial charge on any atom is 0.354 e. The number of carbonyl (C=O) groups is 1. The number of nitrogens with zero attached hydrogens (tertiary/aromatic N) is 3. The third-order valence-electron chi connectivity index (χ3n) is 3.77. The van der Waals surface area contributed by atoms with E-state index in [9.17, 15) is 18.3 Å². The van der Waals surface area contributed by atoms with Crippen LogP contribution in [0.2, 0.25) is 0 Å². The molecule has 2 heterocycles. The summed E-state index contributed by atoms with van der Waals surface area (Å²) >= 11 is 0. The van der Waals surface area contributed by atoms with Gasteiger partial charge in [-0.3, -0.25) is 9.67 Å². The molecule has 3 rings (SSSR count). The Hall–Kier alpha value is -3.00. The van der Waals surface area contributed by atoms with Crippen molar-refractivity contribution in [1.82, 2.24) is 14.8 Å². The third-order valence-corrected chi connectivity index (χ3v) is 4.90. The van der Waals surface area contributed by atoms with Gasteiger partial charge in [-0.1, -0.05) is 12.1 Å². The molecular weight excluding hydrogens is 342 g/mol. The van der Waals surface area contributed by atoms with Gasteiger partial charge in [0, 0.05) is 36.8 Å². The maximum absolute atomic E-state index is 11.7. The van der Waals surface area contributed by atoms with Crippen LogP contribution in [0.15, 0.2) is 53.7 Å². The van der Waals surface area contributed by atoms with Crippen molar-refractivity contribution in [2.24, 2.45) is 7.05 Å². The second-order valence-electron chi connectivity index (χ2n) is 5.53. The minimum absolute atomic E-state index is 0.0494. The molecule has 25 heavy (non-hydrogen) atoms. The molecule has 2 aromatic heterocycles. The van der Waals surface area contributed by atoms with Crippen LogP contribution >= 0.6 is 0 Å². The van der Waals surface area contributed by atoms with E-state index >= 15 is 0 Å². The first-order chi connectivity index (χ1) is 11.8. The molecule has 0 aliphatic carbocycles. The molecule has 0 bridgehead atoms.